The summed E-state index contributed by atoms with van der Waals surface area (Å²) in [4.78, 5) is 16.7. The van der Waals surface area contributed by atoms with Crippen molar-refractivity contribution in [2.75, 3.05) is 10.0 Å². The summed E-state index contributed by atoms with van der Waals surface area (Å²) in [5.74, 6) is 0.454. The minimum atomic E-state index is -3.80. The summed E-state index contributed by atoms with van der Waals surface area (Å²) in [7, 11) is -3.80. The van der Waals surface area contributed by atoms with Gasteiger partial charge in [-0.1, -0.05) is 62.4 Å². The molecule has 0 saturated heterocycles. The number of nitrogens with one attached hydrogen (secondary N) is 2. The van der Waals surface area contributed by atoms with Crippen LogP contribution in [-0.4, -0.2) is 25.4 Å². The molecule has 4 aromatic rings. The Labute approximate surface area is 217 Å². The van der Waals surface area contributed by atoms with Gasteiger partial charge in [0.2, 0.25) is 0 Å². The number of amides is 1. The van der Waals surface area contributed by atoms with E-state index in [4.69, 9.17) is 4.74 Å². The van der Waals surface area contributed by atoms with Crippen LogP contribution in [0.3, 0.4) is 0 Å². The van der Waals surface area contributed by atoms with Crippen LogP contribution in [0, 0.1) is 0 Å². The molecule has 0 spiro atoms. The highest BCUT2D eigenvalue weighted by atomic mass is 32.2. The summed E-state index contributed by atoms with van der Waals surface area (Å²) < 4.78 is 33.4. The summed E-state index contributed by atoms with van der Waals surface area (Å²) in [5, 5.41) is 2.76. The van der Waals surface area contributed by atoms with Crippen LogP contribution < -0.4 is 14.8 Å². The number of ether oxygens (including phenoxy) is 1. The van der Waals surface area contributed by atoms with Crippen LogP contribution >= 0.6 is 0 Å². The van der Waals surface area contributed by atoms with Crippen molar-refractivity contribution < 1.29 is 17.9 Å². The number of benzene rings is 3. The Bertz CT molecular complexity index is 1440. The maximum Gasteiger partial charge on any atom is 0.265 e. The molecule has 1 heterocycles. The standard InChI is InChI=1S/C29H29N3O4S/c1-21(36-25-16-12-23(13-17-25)29(2,3)22-9-5-4-6-10-22)28(33)31-24-14-18-26(19-15-24)37(34,35)32-27-11-7-8-20-30-27/h4-21H,1-3H3,(H,30,32)(H,31,33). The zero-order valence-corrected chi connectivity index (χ0v) is 21.7. The van der Waals surface area contributed by atoms with Gasteiger partial charge in [0.05, 0.1) is 4.90 Å². The molecule has 3 aromatic carbocycles. The van der Waals surface area contributed by atoms with Crippen LogP contribution in [0.25, 0.3) is 0 Å². The fourth-order valence-electron chi connectivity index (χ4n) is 3.81. The van der Waals surface area contributed by atoms with Crippen molar-refractivity contribution in [2.24, 2.45) is 0 Å². The maximum atomic E-state index is 12.7. The zero-order valence-electron chi connectivity index (χ0n) is 20.9. The van der Waals surface area contributed by atoms with E-state index in [2.05, 4.69) is 41.0 Å². The monoisotopic (exact) mass is 515 g/mol. The highest BCUT2D eigenvalue weighted by Crippen LogP contribution is 2.32. The predicted molar refractivity (Wildman–Crippen MR) is 145 cm³/mol. The Hall–Kier alpha value is -4.17. The number of anilines is 2. The number of carbonyl (C=O) groups is 1. The molecule has 0 aliphatic carbocycles. The SMILES string of the molecule is CC(Oc1ccc(C(C)(C)c2ccccc2)cc1)C(=O)Nc1ccc(S(=O)(=O)Nc2ccccn2)cc1. The average molecular weight is 516 g/mol. The van der Waals surface area contributed by atoms with Gasteiger partial charge in [0, 0.05) is 17.3 Å². The largest absolute Gasteiger partial charge is 0.481 e. The normalized spacial score (nSPS) is 12.4. The van der Waals surface area contributed by atoms with E-state index in [1.807, 2.05) is 42.5 Å². The number of rotatable bonds is 9. The molecule has 4 rings (SSSR count). The highest BCUT2D eigenvalue weighted by molar-refractivity contribution is 7.92. The van der Waals surface area contributed by atoms with Gasteiger partial charge in [-0.2, -0.15) is 0 Å². The third-order valence-electron chi connectivity index (χ3n) is 6.09. The van der Waals surface area contributed by atoms with E-state index in [0.717, 1.165) is 5.56 Å². The van der Waals surface area contributed by atoms with E-state index >= 15 is 0 Å². The van der Waals surface area contributed by atoms with Crippen LogP contribution in [0.4, 0.5) is 11.5 Å². The van der Waals surface area contributed by atoms with Crippen LogP contribution in [0.5, 0.6) is 5.75 Å². The molecule has 0 aliphatic rings. The van der Waals surface area contributed by atoms with Crippen LogP contribution in [-0.2, 0) is 20.2 Å². The lowest BCUT2D eigenvalue weighted by molar-refractivity contribution is -0.122. The Morgan fingerprint density at radius 2 is 1.46 bits per heavy atom. The molecule has 37 heavy (non-hydrogen) atoms. The lowest BCUT2D eigenvalue weighted by atomic mass is 9.78. The molecule has 2 N–H and O–H groups in total. The van der Waals surface area contributed by atoms with Gasteiger partial charge in [-0.05, 0) is 66.6 Å². The second-order valence-electron chi connectivity index (χ2n) is 9.11. The zero-order chi connectivity index (χ0) is 26.5. The molecular weight excluding hydrogens is 486 g/mol. The first-order valence-electron chi connectivity index (χ1n) is 11.8. The summed E-state index contributed by atoms with van der Waals surface area (Å²) in [6.45, 7) is 5.99. The molecule has 8 heteroatoms. The van der Waals surface area contributed by atoms with Gasteiger partial charge in [-0.25, -0.2) is 13.4 Å². The summed E-state index contributed by atoms with van der Waals surface area (Å²) in [6.07, 6.45) is 0.738. The van der Waals surface area contributed by atoms with E-state index in [-0.39, 0.29) is 22.0 Å². The lowest BCUT2D eigenvalue weighted by Crippen LogP contribution is -2.30. The number of hydrogen-bond acceptors (Lipinski definition) is 5. The maximum absolute atomic E-state index is 12.7. The molecule has 0 saturated carbocycles. The van der Waals surface area contributed by atoms with Crippen molar-refractivity contribution >= 4 is 27.4 Å². The molecule has 0 bridgehead atoms. The van der Waals surface area contributed by atoms with Gasteiger partial charge >= 0.3 is 0 Å². The smallest absolute Gasteiger partial charge is 0.265 e. The van der Waals surface area contributed by atoms with Crippen molar-refractivity contribution in [2.45, 2.75) is 37.2 Å². The molecule has 1 amide bonds. The third kappa shape index (κ3) is 6.34. The molecular formula is C29H29N3O4S. The van der Waals surface area contributed by atoms with Crippen LogP contribution in [0.1, 0.15) is 31.9 Å². The Balaban J connectivity index is 1.36. The molecule has 1 unspecified atom stereocenters. The summed E-state index contributed by atoms with van der Waals surface area (Å²) in [5.41, 5.74) is 2.63. The molecule has 0 fully saturated rings. The fourth-order valence-corrected chi connectivity index (χ4v) is 4.82. The second-order valence-corrected chi connectivity index (χ2v) is 10.8. The van der Waals surface area contributed by atoms with Gasteiger partial charge in [0.15, 0.2) is 6.10 Å². The van der Waals surface area contributed by atoms with E-state index in [9.17, 15) is 13.2 Å². The van der Waals surface area contributed by atoms with Gasteiger partial charge in [-0.15, -0.1) is 0 Å². The Morgan fingerprint density at radius 3 is 2.08 bits per heavy atom. The van der Waals surface area contributed by atoms with Crippen molar-refractivity contribution in [3.63, 3.8) is 0 Å². The summed E-state index contributed by atoms with van der Waals surface area (Å²) in [6, 6.07) is 28.8. The number of hydrogen-bond donors (Lipinski definition) is 2. The number of pyridine rings is 1. The third-order valence-corrected chi connectivity index (χ3v) is 7.46. The van der Waals surface area contributed by atoms with Gasteiger partial charge < -0.3 is 10.1 Å². The van der Waals surface area contributed by atoms with E-state index in [1.165, 1.54) is 36.0 Å². The number of sulfonamides is 1. The molecule has 7 nitrogen and oxygen atoms in total. The molecule has 190 valence electrons. The second kappa shape index (κ2) is 10.8. The summed E-state index contributed by atoms with van der Waals surface area (Å²) >= 11 is 0. The number of carbonyl (C=O) groups excluding carboxylic acids is 1. The van der Waals surface area contributed by atoms with Crippen LogP contribution in [0.2, 0.25) is 0 Å². The first-order chi connectivity index (χ1) is 17.6. The van der Waals surface area contributed by atoms with Gasteiger partial charge in [-0.3, -0.25) is 9.52 Å². The van der Waals surface area contributed by atoms with E-state index in [0.29, 0.717) is 11.4 Å². The minimum Gasteiger partial charge on any atom is -0.481 e. The minimum absolute atomic E-state index is 0.0546. The fraction of sp³-hybridized carbons (Fsp3) is 0.172. The van der Waals surface area contributed by atoms with Crippen molar-refractivity contribution in [1.82, 2.24) is 4.98 Å². The van der Waals surface area contributed by atoms with E-state index < -0.39 is 16.1 Å². The van der Waals surface area contributed by atoms with Gasteiger partial charge in [0.1, 0.15) is 11.6 Å². The van der Waals surface area contributed by atoms with Crippen molar-refractivity contribution in [3.05, 3.63) is 114 Å². The highest BCUT2D eigenvalue weighted by Gasteiger charge is 2.23. The Kier molecular flexibility index (Phi) is 7.59. The topological polar surface area (TPSA) is 97.4 Å². The quantitative estimate of drug-likeness (QED) is 0.302. The first kappa shape index (κ1) is 25.9. The van der Waals surface area contributed by atoms with Gasteiger partial charge in [0.25, 0.3) is 15.9 Å². The molecule has 0 radical (unpaired) electrons. The lowest BCUT2D eigenvalue weighted by Gasteiger charge is -2.26. The Morgan fingerprint density at radius 1 is 0.838 bits per heavy atom. The molecule has 1 aromatic heterocycles. The van der Waals surface area contributed by atoms with Crippen molar-refractivity contribution in [3.8, 4) is 5.75 Å². The predicted octanol–water partition coefficient (Wildman–Crippen LogP) is 5.61. The van der Waals surface area contributed by atoms with Crippen LogP contribution in [0.15, 0.2) is 108 Å². The average Bonchev–Trinajstić information content (AvgIpc) is 2.90. The first-order valence-corrected chi connectivity index (χ1v) is 13.3. The number of nitrogens with zero attached hydrogens (tertiary/aromatic N) is 1. The number of aromatic nitrogens is 1. The van der Waals surface area contributed by atoms with Crippen molar-refractivity contribution in [1.29, 1.82) is 0 Å². The van der Waals surface area contributed by atoms with E-state index in [1.54, 1.807) is 25.1 Å². The molecule has 0 aliphatic heterocycles. The molecule has 1 atom stereocenters.